The lowest BCUT2D eigenvalue weighted by molar-refractivity contribution is -0.142. The molecule has 1 fully saturated rings. The van der Waals surface area contributed by atoms with E-state index in [1.165, 1.54) is 0 Å². The van der Waals surface area contributed by atoms with Crippen molar-refractivity contribution in [3.05, 3.63) is 88.3 Å². The molecule has 1 N–H and O–H groups in total. The van der Waals surface area contributed by atoms with Gasteiger partial charge in [-0.2, -0.15) is 0 Å². The molecule has 37 heavy (non-hydrogen) atoms. The summed E-state index contributed by atoms with van der Waals surface area (Å²) < 4.78 is 17.7. The summed E-state index contributed by atoms with van der Waals surface area (Å²) in [6.45, 7) is 7.39. The largest absolute Gasteiger partial charge is 0.489 e. The molecule has 0 bridgehead atoms. The van der Waals surface area contributed by atoms with Crippen molar-refractivity contribution in [2.75, 3.05) is 13.2 Å². The molecular weight excluding hydrogens is 466 g/mol. The Morgan fingerprint density at radius 3 is 2.59 bits per heavy atom. The van der Waals surface area contributed by atoms with Crippen LogP contribution in [0.2, 0.25) is 0 Å². The monoisotopic (exact) mass is 501 g/mol. The zero-order valence-electron chi connectivity index (χ0n) is 21.8. The van der Waals surface area contributed by atoms with E-state index in [9.17, 15) is 9.59 Å². The first-order valence-electron chi connectivity index (χ1n) is 13.1. The number of hydrogen-bond donors (Lipinski definition) is 1. The number of hydrogen-bond acceptors (Lipinski definition) is 6. The third-order valence-corrected chi connectivity index (χ3v) is 7.35. The summed E-state index contributed by atoms with van der Waals surface area (Å²) in [4.78, 5) is 27.2. The second-order valence-corrected chi connectivity index (χ2v) is 11.0. The number of dihydropyridines is 1. The fourth-order valence-electron chi connectivity index (χ4n) is 5.63. The van der Waals surface area contributed by atoms with Gasteiger partial charge in [-0.15, -0.1) is 0 Å². The zero-order chi connectivity index (χ0) is 26.0. The molecule has 0 spiro atoms. The van der Waals surface area contributed by atoms with Gasteiger partial charge in [-0.05, 0) is 43.2 Å². The van der Waals surface area contributed by atoms with Crippen molar-refractivity contribution in [2.45, 2.75) is 65.1 Å². The van der Waals surface area contributed by atoms with Crippen LogP contribution in [0.4, 0.5) is 0 Å². The van der Waals surface area contributed by atoms with E-state index >= 15 is 0 Å². The first kappa shape index (κ1) is 25.3. The molecular formula is C31H35NO5. The van der Waals surface area contributed by atoms with Crippen molar-refractivity contribution in [1.82, 2.24) is 5.32 Å². The number of benzene rings is 2. The fourth-order valence-corrected chi connectivity index (χ4v) is 5.63. The minimum atomic E-state index is -0.566. The molecule has 6 heteroatoms. The number of nitrogens with one attached hydrogen (secondary N) is 1. The van der Waals surface area contributed by atoms with Gasteiger partial charge < -0.3 is 19.5 Å². The summed E-state index contributed by atoms with van der Waals surface area (Å²) in [5.41, 5.74) is 4.38. The van der Waals surface area contributed by atoms with E-state index < -0.39 is 11.9 Å². The number of allylic oxidation sites excluding steroid dienone is 3. The van der Waals surface area contributed by atoms with Gasteiger partial charge in [0.15, 0.2) is 5.78 Å². The molecule has 2 aromatic rings. The number of Topliss-reactive ketones (excluding diaryl/α,β-unsaturated/α-hetero) is 1. The van der Waals surface area contributed by atoms with Crippen LogP contribution in [-0.2, 0) is 25.7 Å². The van der Waals surface area contributed by atoms with Gasteiger partial charge in [-0.3, -0.25) is 4.79 Å². The van der Waals surface area contributed by atoms with Gasteiger partial charge in [-0.25, -0.2) is 4.79 Å². The van der Waals surface area contributed by atoms with E-state index in [4.69, 9.17) is 14.2 Å². The molecule has 2 atom stereocenters. The molecule has 0 amide bonds. The Hall–Kier alpha value is -3.38. The molecule has 0 radical (unpaired) electrons. The van der Waals surface area contributed by atoms with Gasteiger partial charge in [0, 0.05) is 35.6 Å². The highest BCUT2D eigenvalue weighted by Gasteiger charge is 2.44. The summed E-state index contributed by atoms with van der Waals surface area (Å²) in [5.74, 6) is -0.283. The van der Waals surface area contributed by atoms with E-state index in [0.717, 1.165) is 36.1 Å². The summed E-state index contributed by atoms with van der Waals surface area (Å²) in [6.07, 6.45) is 2.93. The molecule has 194 valence electrons. The Bertz CT molecular complexity index is 1240. The van der Waals surface area contributed by atoms with Crippen LogP contribution in [0.15, 0.2) is 77.1 Å². The Kier molecular flexibility index (Phi) is 7.20. The van der Waals surface area contributed by atoms with Crippen LogP contribution in [0, 0.1) is 5.41 Å². The van der Waals surface area contributed by atoms with Gasteiger partial charge in [0.05, 0.1) is 17.6 Å². The molecule has 2 aromatic carbocycles. The molecule has 0 saturated carbocycles. The maximum atomic E-state index is 13.6. The second-order valence-electron chi connectivity index (χ2n) is 11.0. The Morgan fingerprint density at radius 1 is 1.08 bits per heavy atom. The molecule has 3 aliphatic rings. The lowest BCUT2D eigenvalue weighted by Crippen LogP contribution is -2.39. The third-order valence-electron chi connectivity index (χ3n) is 7.35. The predicted molar refractivity (Wildman–Crippen MR) is 141 cm³/mol. The van der Waals surface area contributed by atoms with Crippen molar-refractivity contribution in [2.24, 2.45) is 5.41 Å². The van der Waals surface area contributed by atoms with Crippen molar-refractivity contribution in [3.8, 4) is 5.75 Å². The van der Waals surface area contributed by atoms with Crippen molar-refractivity contribution >= 4 is 11.8 Å². The fraction of sp³-hybridized carbons (Fsp3) is 0.419. The quantitative estimate of drug-likeness (QED) is 0.499. The van der Waals surface area contributed by atoms with Gasteiger partial charge in [0.2, 0.25) is 0 Å². The summed E-state index contributed by atoms with van der Waals surface area (Å²) >= 11 is 0. The van der Waals surface area contributed by atoms with Gasteiger partial charge in [0.1, 0.15) is 19.0 Å². The third kappa shape index (κ3) is 5.49. The highest BCUT2D eigenvalue weighted by atomic mass is 16.6. The number of carbonyl (C=O) groups excluding carboxylic acids is 2. The first-order chi connectivity index (χ1) is 17.8. The van der Waals surface area contributed by atoms with Crippen LogP contribution in [0.1, 0.15) is 63.5 Å². The second kappa shape index (κ2) is 10.5. The summed E-state index contributed by atoms with van der Waals surface area (Å²) in [5, 5.41) is 3.41. The lowest BCUT2D eigenvalue weighted by Gasteiger charge is -2.39. The van der Waals surface area contributed by atoms with Crippen molar-refractivity contribution < 1.29 is 23.8 Å². The standard InChI is InChI=1S/C31H35NO5/c1-20-27(30(34)37-19-22-12-9-15-35-22)28(29-24(32-20)16-31(2,3)17-25(29)33)23-13-7-8-14-26(23)36-18-21-10-5-4-6-11-21/h4-8,10-11,13-14,22,28,32H,9,12,15-19H2,1-3H3. The van der Waals surface area contributed by atoms with E-state index in [2.05, 4.69) is 19.2 Å². The first-order valence-corrected chi connectivity index (χ1v) is 13.1. The molecule has 2 unspecified atom stereocenters. The topological polar surface area (TPSA) is 73.9 Å². The average Bonchev–Trinajstić information content (AvgIpc) is 3.39. The number of para-hydroxylation sites is 1. The van der Waals surface area contributed by atoms with E-state index in [1.54, 1.807) is 0 Å². The minimum absolute atomic E-state index is 0.0542. The van der Waals surface area contributed by atoms with Crippen molar-refractivity contribution in [1.29, 1.82) is 0 Å². The maximum Gasteiger partial charge on any atom is 0.336 e. The maximum absolute atomic E-state index is 13.6. The highest BCUT2D eigenvalue weighted by Crippen LogP contribution is 2.48. The molecule has 1 aliphatic carbocycles. The van der Waals surface area contributed by atoms with Gasteiger partial charge in [0.25, 0.3) is 0 Å². The number of ketones is 1. The molecule has 5 rings (SSSR count). The molecule has 6 nitrogen and oxygen atoms in total. The van der Waals surface area contributed by atoms with E-state index in [-0.39, 0.29) is 23.9 Å². The number of carbonyl (C=O) groups is 2. The molecule has 2 aliphatic heterocycles. The number of rotatable bonds is 7. The van der Waals surface area contributed by atoms with Crippen LogP contribution in [0.5, 0.6) is 5.75 Å². The van der Waals surface area contributed by atoms with E-state index in [1.807, 2.05) is 61.5 Å². The van der Waals surface area contributed by atoms with Crippen LogP contribution < -0.4 is 10.1 Å². The Morgan fingerprint density at radius 2 is 1.84 bits per heavy atom. The lowest BCUT2D eigenvalue weighted by atomic mass is 9.68. The van der Waals surface area contributed by atoms with Gasteiger partial charge in [-0.1, -0.05) is 62.4 Å². The molecule has 2 heterocycles. The van der Waals surface area contributed by atoms with Crippen LogP contribution >= 0.6 is 0 Å². The summed E-state index contributed by atoms with van der Waals surface area (Å²) in [6, 6.07) is 17.6. The molecule has 0 aromatic heterocycles. The Labute approximate surface area is 218 Å². The summed E-state index contributed by atoms with van der Waals surface area (Å²) in [7, 11) is 0. The minimum Gasteiger partial charge on any atom is -0.489 e. The van der Waals surface area contributed by atoms with Crippen molar-refractivity contribution in [3.63, 3.8) is 0 Å². The van der Waals surface area contributed by atoms with Crippen LogP contribution in [-0.4, -0.2) is 31.1 Å². The number of ether oxygens (including phenoxy) is 3. The Balaban J connectivity index is 1.52. The SMILES string of the molecule is CC1=C(C(=O)OCC2CCCO2)C(c2ccccc2OCc2ccccc2)C2=C(CC(C)(C)CC2=O)N1. The molecule has 1 saturated heterocycles. The number of esters is 1. The van der Waals surface area contributed by atoms with Gasteiger partial charge >= 0.3 is 5.97 Å². The highest BCUT2D eigenvalue weighted by molar-refractivity contribution is 6.04. The van der Waals surface area contributed by atoms with Crippen LogP contribution in [0.25, 0.3) is 0 Å². The average molecular weight is 502 g/mol. The predicted octanol–water partition coefficient (Wildman–Crippen LogP) is 5.59. The normalized spacial score (nSPS) is 22.9. The van der Waals surface area contributed by atoms with Crippen LogP contribution in [0.3, 0.4) is 0 Å². The zero-order valence-corrected chi connectivity index (χ0v) is 21.8. The smallest absolute Gasteiger partial charge is 0.336 e. The van der Waals surface area contributed by atoms with E-state index in [0.29, 0.717) is 42.2 Å².